The minimum absolute atomic E-state index is 0.550. The summed E-state index contributed by atoms with van der Waals surface area (Å²) in [5, 5.41) is 0. The number of likely N-dealkylation sites (tertiary alicyclic amines) is 2. The van der Waals surface area contributed by atoms with Crippen LogP contribution in [-0.4, -0.2) is 62.3 Å². The molecule has 0 aromatic carbocycles. The van der Waals surface area contributed by atoms with Gasteiger partial charge in [0, 0.05) is 19.7 Å². The van der Waals surface area contributed by atoms with Crippen LogP contribution in [0.4, 0.5) is 0 Å². The summed E-state index contributed by atoms with van der Waals surface area (Å²) in [6.45, 7) is 5.31. The molecule has 3 aliphatic rings. The normalized spacial score (nSPS) is 38.5. The van der Waals surface area contributed by atoms with Gasteiger partial charge >= 0.3 is 0 Å². The summed E-state index contributed by atoms with van der Waals surface area (Å²) in [4.78, 5) is 5.24. The molecule has 0 atom stereocenters. The molecule has 0 radical (unpaired) electrons. The summed E-state index contributed by atoms with van der Waals surface area (Å²) in [5.74, 6) is 0. The van der Waals surface area contributed by atoms with E-state index in [0.29, 0.717) is 11.5 Å². The number of hydrogen-bond acceptors (Lipinski definition) is 3. The molecular formula is C14H26N2O. The van der Waals surface area contributed by atoms with Crippen LogP contribution >= 0.6 is 0 Å². The summed E-state index contributed by atoms with van der Waals surface area (Å²) in [6.07, 6.45) is 7.36. The van der Waals surface area contributed by atoms with Gasteiger partial charge in [0.25, 0.3) is 0 Å². The van der Waals surface area contributed by atoms with Gasteiger partial charge in [0.1, 0.15) is 0 Å². The number of ether oxygens (including phenoxy) is 1. The van der Waals surface area contributed by atoms with Crippen molar-refractivity contribution in [3.63, 3.8) is 0 Å². The second kappa shape index (κ2) is 4.52. The van der Waals surface area contributed by atoms with Gasteiger partial charge in [-0.15, -0.1) is 0 Å². The largest absolute Gasteiger partial charge is 0.381 e. The molecule has 0 aromatic rings. The summed E-state index contributed by atoms with van der Waals surface area (Å²) >= 11 is 0. The molecule has 0 N–H and O–H groups in total. The Labute approximate surface area is 105 Å². The maximum absolute atomic E-state index is 5.38. The predicted molar refractivity (Wildman–Crippen MR) is 69.2 cm³/mol. The molecule has 1 aliphatic carbocycles. The van der Waals surface area contributed by atoms with Gasteiger partial charge < -0.3 is 14.5 Å². The Kier molecular flexibility index (Phi) is 3.18. The molecule has 3 nitrogen and oxygen atoms in total. The fraction of sp³-hybridized carbons (Fsp3) is 1.00. The molecule has 98 valence electrons. The summed E-state index contributed by atoms with van der Waals surface area (Å²) in [5.41, 5.74) is 0.676. The monoisotopic (exact) mass is 238 g/mol. The van der Waals surface area contributed by atoms with Crippen molar-refractivity contribution < 1.29 is 4.74 Å². The van der Waals surface area contributed by atoms with Crippen LogP contribution in [0.15, 0.2) is 0 Å². The van der Waals surface area contributed by atoms with E-state index < -0.39 is 0 Å². The zero-order chi connectivity index (χ0) is 11.9. The second-order valence-corrected chi connectivity index (χ2v) is 6.51. The first-order chi connectivity index (χ1) is 8.21. The lowest BCUT2D eigenvalue weighted by Crippen LogP contribution is -2.52. The standard InChI is InChI=1S/C14H26N2O/c1-15-6-3-14(11-15)4-7-16(8-5-14)12-9-13(10-12)17-2/h12-13H,3-11H2,1-2H3. The summed E-state index contributed by atoms with van der Waals surface area (Å²) in [7, 11) is 4.12. The maximum atomic E-state index is 5.38. The first-order valence-corrected chi connectivity index (χ1v) is 7.16. The SMILES string of the molecule is COC1CC(N2CCC3(CCN(C)C3)CC2)C1. The van der Waals surface area contributed by atoms with Crippen LogP contribution in [0.2, 0.25) is 0 Å². The third kappa shape index (κ3) is 2.25. The lowest BCUT2D eigenvalue weighted by atomic mass is 9.76. The highest BCUT2D eigenvalue weighted by molar-refractivity contribution is 4.96. The number of rotatable bonds is 2. The average molecular weight is 238 g/mol. The van der Waals surface area contributed by atoms with Crippen LogP contribution in [0.3, 0.4) is 0 Å². The minimum atomic E-state index is 0.550. The highest BCUT2D eigenvalue weighted by Gasteiger charge is 2.42. The van der Waals surface area contributed by atoms with Crippen molar-refractivity contribution in [3.05, 3.63) is 0 Å². The van der Waals surface area contributed by atoms with Crippen molar-refractivity contribution in [1.29, 1.82) is 0 Å². The van der Waals surface area contributed by atoms with Crippen molar-refractivity contribution >= 4 is 0 Å². The lowest BCUT2D eigenvalue weighted by Gasteiger charge is -2.47. The van der Waals surface area contributed by atoms with Crippen molar-refractivity contribution in [2.24, 2.45) is 5.41 Å². The molecule has 3 fully saturated rings. The van der Waals surface area contributed by atoms with E-state index in [1.807, 2.05) is 7.11 Å². The van der Waals surface area contributed by atoms with Crippen molar-refractivity contribution in [2.75, 3.05) is 40.3 Å². The van der Waals surface area contributed by atoms with Crippen molar-refractivity contribution in [1.82, 2.24) is 9.80 Å². The average Bonchev–Trinajstić information content (AvgIpc) is 2.62. The van der Waals surface area contributed by atoms with Crippen molar-refractivity contribution in [3.8, 4) is 0 Å². The van der Waals surface area contributed by atoms with Gasteiger partial charge in [0.15, 0.2) is 0 Å². The Hall–Kier alpha value is -0.120. The molecule has 2 aliphatic heterocycles. The molecule has 17 heavy (non-hydrogen) atoms. The maximum Gasteiger partial charge on any atom is 0.0601 e. The first kappa shape index (κ1) is 11.9. The molecule has 1 saturated carbocycles. The van der Waals surface area contributed by atoms with Crippen LogP contribution in [-0.2, 0) is 4.74 Å². The Balaban J connectivity index is 1.48. The van der Waals surface area contributed by atoms with E-state index >= 15 is 0 Å². The van der Waals surface area contributed by atoms with Crippen LogP contribution in [0, 0.1) is 5.41 Å². The van der Waals surface area contributed by atoms with Crippen LogP contribution in [0.1, 0.15) is 32.1 Å². The fourth-order valence-electron chi connectivity index (χ4n) is 3.96. The molecule has 3 heteroatoms. The second-order valence-electron chi connectivity index (χ2n) is 6.51. The Bertz CT molecular complexity index is 267. The van der Waals surface area contributed by atoms with E-state index in [1.165, 1.54) is 58.3 Å². The Morgan fingerprint density at radius 3 is 2.24 bits per heavy atom. The van der Waals surface area contributed by atoms with E-state index in [4.69, 9.17) is 4.74 Å². The predicted octanol–water partition coefficient (Wildman–Crippen LogP) is 1.58. The Morgan fingerprint density at radius 1 is 1.06 bits per heavy atom. The fourth-order valence-corrected chi connectivity index (χ4v) is 3.96. The topological polar surface area (TPSA) is 15.7 Å². The number of piperidine rings is 1. The molecule has 0 aromatic heterocycles. The van der Waals surface area contributed by atoms with Gasteiger partial charge in [-0.1, -0.05) is 0 Å². The van der Waals surface area contributed by atoms with Gasteiger partial charge in [0.05, 0.1) is 6.10 Å². The van der Waals surface area contributed by atoms with Gasteiger partial charge in [-0.3, -0.25) is 0 Å². The molecule has 3 rings (SSSR count). The Morgan fingerprint density at radius 2 is 1.71 bits per heavy atom. The lowest BCUT2D eigenvalue weighted by molar-refractivity contribution is -0.0441. The number of nitrogens with zero attached hydrogens (tertiary/aromatic N) is 2. The first-order valence-electron chi connectivity index (χ1n) is 7.16. The van der Waals surface area contributed by atoms with E-state index in [2.05, 4.69) is 16.8 Å². The van der Waals surface area contributed by atoms with Gasteiger partial charge in [-0.2, -0.15) is 0 Å². The minimum Gasteiger partial charge on any atom is -0.381 e. The van der Waals surface area contributed by atoms with Gasteiger partial charge in [-0.05, 0) is 64.2 Å². The molecule has 0 amide bonds. The van der Waals surface area contributed by atoms with E-state index in [0.717, 1.165) is 6.04 Å². The van der Waals surface area contributed by atoms with E-state index in [-0.39, 0.29) is 0 Å². The van der Waals surface area contributed by atoms with E-state index in [9.17, 15) is 0 Å². The third-order valence-electron chi connectivity index (χ3n) is 5.41. The molecular weight excluding hydrogens is 212 g/mol. The van der Waals surface area contributed by atoms with Gasteiger partial charge in [-0.25, -0.2) is 0 Å². The van der Waals surface area contributed by atoms with Gasteiger partial charge in [0.2, 0.25) is 0 Å². The highest BCUT2D eigenvalue weighted by Crippen LogP contribution is 2.41. The van der Waals surface area contributed by atoms with Crippen molar-refractivity contribution in [2.45, 2.75) is 44.2 Å². The summed E-state index contributed by atoms with van der Waals surface area (Å²) < 4.78 is 5.38. The highest BCUT2D eigenvalue weighted by atomic mass is 16.5. The molecule has 2 saturated heterocycles. The van der Waals surface area contributed by atoms with Crippen LogP contribution in [0.25, 0.3) is 0 Å². The molecule has 0 unspecified atom stereocenters. The molecule has 2 heterocycles. The zero-order valence-corrected chi connectivity index (χ0v) is 11.3. The number of hydrogen-bond donors (Lipinski definition) is 0. The zero-order valence-electron chi connectivity index (χ0n) is 11.3. The number of methoxy groups -OCH3 is 1. The smallest absolute Gasteiger partial charge is 0.0601 e. The summed E-state index contributed by atoms with van der Waals surface area (Å²) in [6, 6.07) is 0.830. The molecule has 0 bridgehead atoms. The quantitative estimate of drug-likeness (QED) is 0.726. The van der Waals surface area contributed by atoms with Crippen LogP contribution in [0.5, 0.6) is 0 Å². The third-order valence-corrected chi connectivity index (χ3v) is 5.41. The molecule has 1 spiro atoms. The van der Waals surface area contributed by atoms with Crippen LogP contribution < -0.4 is 0 Å². The van der Waals surface area contributed by atoms with E-state index in [1.54, 1.807) is 0 Å².